The molecule has 0 fully saturated rings. The summed E-state index contributed by atoms with van der Waals surface area (Å²) in [7, 11) is 1.56. The molecule has 0 aromatic heterocycles. The summed E-state index contributed by atoms with van der Waals surface area (Å²) in [6.45, 7) is 3.26. The Morgan fingerprint density at radius 1 is 1.80 bits per heavy atom. The van der Waals surface area contributed by atoms with Gasteiger partial charge in [-0.05, 0) is 0 Å². The van der Waals surface area contributed by atoms with Crippen LogP contribution in [0.1, 0.15) is 0 Å². The second-order valence-corrected chi connectivity index (χ2v) is 0.402. The van der Waals surface area contributed by atoms with E-state index in [-0.39, 0.29) is 51.4 Å². The van der Waals surface area contributed by atoms with Crippen LogP contribution in [0.25, 0.3) is 0 Å². The summed E-state index contributed by atoms with van der Waals surface area (Å²) in [5, 5.41) is 0. The number of hydrogen-bond acceptors (Lipinski definition) is 1. The molecule has 0 bridgehead atoms. The summed E-state index contributed by atoms with van der Waals surface area (Å²) in [5.41, 5.74) is 0. The monoisotopic (exact) mass is 98.0 g/mol. The SMILES string of the molecule is C=COC.[KH]. The van der Waals surface area contributed by atoms with Crippen LogP contribution < -0.4 is 0 Å². The van der Waals surface area contributed by atoms with E-state index in [1.54, 1.807) is 7.11 Å². The van der Waals surface area contributed by atoms with Crippen molar-refractivity contribution in [1.82, 2.24) is 0 Å². The fourth-order valence-electron chi connectivity index (χ4n) is 0. The van der Waals surface area contributed by atoms with Gasteiger partial charge in [0.1, 0.15) is 0 Å². The summed E-state index contributed by atoms with van der Waals surface area (Å²) in [6, 6.07) is 0. The van der Waals surface area contributed by atoms with Crippen molar-refractivity contribution in [3.63, 3.8) is 0 Å². The molecular formula is C3H7KO. The molecule has 26 valence electrons. The molecule has 0 heterocycles. The van der Waals surface area contributed by atoms with Crippen LogP contribution in [-0.4, -0.2) is 58.5 Å². The van der Waals surface area contributed by atoms with Gasteiger partial charge in [-0.25, -0.2) is 0 Å². The zero-order valence-corrected chi connectivity index (χ0v) is 2.69. The van der Waals surface area contributed by atoms with Crippen LogP contribution in [0, 0.1) is 0 Å². The number of ether oxygens (including phenoxy) is 1. The average Bonchev–Trinajstić information content (AvgIpc) is 1.37. The predicted molar refractivity (Wildman–Crippen MR) is 24.4 cm³/mol. The van der Waals surface area contributed by atoms with Crippen LogP contribution in [0.5, 0.6) is 0 Å². The quantitative estimate of drug-likeness (QED) is 0.334. The Hall–Kier alpha value is 1.18. The zero-order chi connectivity index (χ0) is 3.41. The zero-order valence-electron chi connectivity index (χ0n) is 2.69. The van der Waals surface area contributed by atoms with Gasteiger partial charge in [-0.1, -0.05) is 6.58 Å². The summed E-state index contributed by atoms with van der Waals surface area (Å²) in [5.74, 6) is 0. The molecule has 1 nitrogen and oxygen atoms in total. The molecular weight excluding hydrogens is 91.1 g/mol. The normalized spacial score (nSPS) is 4.20. The predicted octanol–water partition coefficient (Wildman–Crippen LogP) is 0.128. The van der Waals surface area contributed by atoms with Crippen LogP contribution in [0.3, 0.4) is 0 Å². The van der Waals surface area contributed by atoms with Crippen molar-refractivity contribution in [2.24, 2.45) is 0 Å². The topological polar surface area (TPSA) is 9.23 Å². The second kappa shape index (κ2) is 8.95. The minimum atomic E-state index is 0. The van der Waals surface area contributed by atoms with Crippen molar-refractivity contribution < 1.29 is 4.74 Å². The Labute approximate surface area is 74.8 Å². The van der Waals surface area contributed by atoms with Gasteiger partial charge < -0.3 is 4.74 Å². The third kappa shape index (κ3) is 11.0. The molecule has 0 radical (unpaired) electrons. The number of methoxy groups -OCH3 is 1. The van der Waals surface area contributed by atoms with E-state index in [0.717, 1.165) is 0 Å². The molecule has 0 aliphatic heterocycles. The maximum absolute atomic E-state index is 4.31. The molecule has 0 saturated carbocycles. The Bertz CT molecular complexity index is 20.9. The Morgan fingerprint density at radius 3 is 2.00 bits per heavy atom. The third-order valence-electron chi connectivity index (χ3n) is 0.167. The van der Waals surface area contributed by atoms with Crippen LogP contribution in [0.15, 0.2) is 12.8 Å². The number of rotatable bonds is 1. The van der Waals surface area contributed by atoms with Crippen molar-refractivity contribution in [1.29, 1.82) is 0 Å². The second-order valence-electron chi connectivity index (χ2n) is 0.402. The summed E-state index contributed by atoms with van der Waals surface area (Å²) in [6.07, 6.45) is 1.38. The average molecular weight is 98.2 g/mol. The molecule has 0 unspecified atom stereocenters. The van der Waals surface area contributed by atoms with E-state index in [0.29, 0.717) is 0 Å². The first-order valence-corrected chi connectivity index (χ1v) is 1.05. The van der Waals surface area contributed by atoms with Gasteiger partial charge in [-0.3, -0.25) is 0 Å². The molecule has 0 amide bonds. The van der Waals surface area contributed by atoms with E-state index >= 15 is 0 Å². The van der Waals surface area contributed by atoms with Crippen LogP contribution in [0.4, 0.5) is 0 Å². The van der Waals surface area contributed by atoms with Crippen molar-refractivity contribution in [2.45, 2.75) is 0 Å². The van der Waals surface area contributed by atoms with E-state index in [1.807, 2.05) is 0 Å². The van der Waals surface area contributed by atoms with E-state index < -0.39 is 0 Å². The van der Waals surface area contributed by atoms with Gasteiger partial charge in [0.05, 0.1) is 13.4 Å². The summed E-state index contributed by atoms with van der Waals surface area (Å²) in [4.78, 5) is 0. The van der Waals surface area contributed by atoms with Gasteiger partial charge in [0, 0.05) is 0 Å². The van der Waals surface area contributed by atoms with Crippen LogP contribution in [-0.2, 0) is 4.74 Å². The van der Waals surface area contributed by atoms with Gasteiger partial charge in [0.25, 0.3) is 0 Å². The van der Waals surface area contributed by atoms with Crippen LogP contribution in [0.2, 0.25) is 0 Å². The van der Waals surface area contributed by atoms with Crippen molar-refractivity contribution in [3.8, 4) is 0 Å². The fourth-order valence-corrected chi connectivity index (χ4v) is 0. The van der Waals surface area contributed by atoms with Gasteiger partial charge >= 0.3 is 51.4 Å². The molecule has 0 spiro atoms. The Morgan fingerprint density at radius 2 is 2.00 bits per heavy atom. The third-order valence-corrected chi connectivity index (χ3v) is 0.167. The fraction of sp³-hybridized carbons (Fsp3) is 0.333. The van der Waals surface area contributed by atoms with Gasteiger partial charge in [0.2, 0.25) is 0 Å². The molecule has 0 saturated heterocycles. The van der Waals surface area contributed by atoms with Gasteiger partial charge in [-0.15, -0.1) is 0 Å². The summed E-state index contributed by atoms with van der Waals surface area (Å²) >= 11 is 0. The number of hydrogen-bond donors (Lipinski definition) is 0. The molecule has 0 N–H and O–H groups in total. The van der Waals surface area contributed by atoms with Crippen molar-refractivity contribution in [2.75, 3.05) is 7.11 Å². The van der Waals surface area contributed by atoms with E-state index in [1.165, 1.54) is 6.26 Å². The van der Waals surface area contributed by atoms with Crippen LogP contribution >= 0.6 is 0 Å². The Balaban J connectivity index is 0. The molecule has 0 aliphatic rings. The van der Waals surface area contributed by atoms with Gasteiger partial charge in [-0.2, -0.15) is 0 Å². The molecule has 0 aliphatic carbocycles. The minimum absolute atomic E-state index is 0. The van der Waals surface area contributed by atoms with Gasteiger partial charge in [0.15, 0.2) is 0 Å². The first kappa shape index (κ1) is 9.49. The molecule has 0 rings (SSSR count). The standard InChI is InChI=1S/C3H6O.K.H/c1-3-4-2;;/h3H,1H2,2H3;;. The molecule has 0 atom stereocenters. The first-order chi connectivity index (χ1) is 1.91. The van der Waals surface area contributed by atoms with E-state index in [9.17, 15) is 0 Å². The molecule has 2 heteroatoms. The maximum atomic E-state index is 4.31. The van der Waals surface area contributed by atoms with Crippen molar-refractivity contribution in [3.05, 3.63) is 12.8 Å². The van der Waals surface area contributed by atoms with E-state index in [2.05, 4.69) is 11.3 Å². The molecule has 5 heavy (non-hydrogen) atoms. The van der Waals surface area contributed by atoms with E-state index in [4.69, 9.17) is 0 Å². The molecule has 0 aromatic carbocycles. The Kier molecular flexibility index (Phi) is 17.0. The molecule has 0 aromatic rings. The first-order valence-electron chi connectivity index (χ1n) is 1.05. The van der Waals surface area contributed by atoms with Crippen molar-refractivity contribution >= 4 is 51.4 Å². The summed E-state index contributed by atoms with van der Waals surface area (Å²) < 4.78 is 4.31.